The molecule has 0 radical (unpaired) electrons. The highest BCUT2D eigenvalue weighted by atomic mass is 16.1. The summed E-state index contributed by atoms with van der Waals surface area (Å²) in [5.41, 5.74) is 5.45. The Morgan fingerprint density at radius 1 is 1.33 bits per heavy atom. The lowest BCUT2D eigenvalue weighted by atomic mass is 10.0. The number of carbonyl (C=O) groups is 1. The van der Waals surface area contributed by atoms with Crippen molar-refractivity contribution in [3.63, 3.8) is 0 Å². The van der Waals surface area contributed by atoms with Gasteiger partial charge in [0.05, 0.1) is 0 Å². The third-order valence-electron chi connectivity index (χ3n) is 2.63. The van der Waals surface area contributed by atoms with Crippen LogP contribution in [0.15, 0.2) is 0 Å². The van der Waals surface area contributed by atoms with Crippen molar-refractivity contribution in [3.8, 4) is 0 Å². The molecule has 0 heterocycles. The van der Waals surface area contributed by atoms with Gasteiger partial charge in [0.15, 0.2) is 0 Å². The average molecular weight is 214 g/mol. The normalized spacial score (nSPS) is 12.5. The standard InChI is InChI=1S/C12H26N2O/c1-3-4-5-10-14-12(15)7-6-11(2)8-9-13/h11H,3-10,13H2,1-2H3,(H,14,15). The fourth-order valence-electron chi connectivity index (χ4n) is 1.50. The predicted molar refractivity (Wildman–Crippen MR) is 64.6 cm³/mol. The Balaban J connectivity index is 3.32. The zero-order valence-corrected chi connectivity index (χ0v) is 10.2. The fraction of sp³-hybridized carbons (Fsp3) is 0.917. The topological polar surface area (TPSA) is 55.1 Å². The molecule has 0 saturated carbocycles. The largest absolute Gasteiger partial charge is 0.356 e. The zero-order valence-electron chi connectivity index (χ0n) is 10.2. The molecule has 1 amide bonds. The predicted octanol–water partition coefficient (Wildman–Crippen LogP) is 2.06. The first-order chi connectivity index (χ1) is 7.20. The number of amides is 1. The Morgan fingerprint density at radius 2 is 2.07 bits per heavy atom. The third kappa shape index (κ3) is 9.73. The first-order valence-corrected chi connectivity index (χ1v) is 6.17. The Labute approximate surface area is 93.8 Å². The van der Waals surface area contributed by atoms with E-state index in [2.05, 4.69) is 19.2 Å². The molecule has 0 spiro atoms. The van der Waals surface area contributed by atoms with Crippen molar-refractivity contribution in [2.24, 2.45) is 11.7 Å². The van der Waals surface area contributed by atoms with Crippen molar-refractivity contribution in [1.82, 2.24) is 5.32 Å². The maximum absolute atomic E-state index is 11.4. The van der Waals surface area contributed by atoms with Crippen molar-refractivity contribution >= 4 is 5.91 Å². The third-order valence-corrected chi connectivity index (χ3v) is 2.63. The van der Waals surface area contributed by atoms with Gasteiger partial charge in [0.25, 0.3) is 0 Å². The van der Waals surface area contributed by atoms with Crippen LogP contribution >= 0.6 is 0 Å². The van der Waals surface area contributed by atoms with Gasteiger partial charge in [-0.25, -0.2) is 0 Å². The van der Waals surface area contributed by atoms with Gasteiger partial charge in [-0.1, -0.05) is 26.7 Å². The van der Waals surface area contributed by atoms with Crippen LogP contribution < -0.4 is 11.1 Å². The molecule has 0 aromatic carbocycles. The molecule has 3 N–H and O–H groups in total. The van der Waals surface area contributed by atoms with Gasteiger partial charge >= 0.3 is 0 Å². The monoisotopic (exact) mass is 214 g/mol. The summed E-state index contributed by atoms with van der Waals surface area (Å²) in [7, 11) is 0. The molecule has 90 valence electrons. The summed E-state index contributed by atoms with van der Waals surface area (Å²) in [6.45, 7) is 5.87. The van der Waals surface area contributed by atoms with E-state index in [4.69, 9.17) is 5.73 Å². The zero-order chi connectivity index (χ0) is 11.5. The molecule has 0 bridgehead atoms. The van der Waals surface area contributed by atoms with Crippen molar-refractivity contribution in [2.75, 3.05) is 13.1 Å². The quantitative estimate of drug-likeness (QED) is 0.577. The Morgan fingerprint density at radius 3 is 2.67 bits per heavy atom. The van der Waals surface area contributed by atoms with Gasteiger partial charge in [0.1, 0.15) is 0 Å². The van der Waals surface area contributed by atoms with Gasteiger partial charge in [0.2, 0.25) is 5.91 Å². The lowest BCUT2D eigenvalue weighted by Crippen LogP contribution is -2.24. The number of hydrogen-bond acceptors (Lipinski definition) is 2. The van der Waals surface area contributed by atoms with E-state index in [-0.39, 0.29) is 5.91 Å². The molecule has 0 aromatic rings. The first-order valence-electron chi connectivity index (χ1n) is 6.17. The fourth-order valence-corrected chi connectivity index (χ4v) is 1.50. The van der Waals surface area contributed by atoms with Gasteiger partial charge in [-0.3, -0.25) is 4.79 Å². The van der Waals surface area contributed by atoms with Crippen molar-refractivity contribution in [2.45, 2.75) is 52.4 Å². The van der Waals surface area contributed by atoms with Crippen LogP contribution in [-0.2, 0) is 4.79 Å². The summed E-state index contributed by atoms with van der Waals surface area (Å²) in [5.74, 6) is 0.756. The highest BCUT2D eigenvalue weighted by Crippen LogP contribution is 2.08. The minimum absolute atomic E-state index is 0.190. The van der Waals surface area contributed by atoms with Crippen LogP contribution in [0, 0.1) is 5.92 Å². The molecule has 0 aliphatic heterocycles. The highest BCUT2D eigenvalue weighted by Gasteiger charge is 2.05. The maximum Gasteiger partial charge on any atom is 0.220 e. The SMILES string of the molecule is CCCCCNC(=O)CCC(C)CCN. The van der Waals surface area contributed by atoms with Crippen molar-refractivity contribution in [3.05, 3.63) is 0 Å². The molecule has 0 rings (SSSR count). The minimum atomic E-state index is 0.190. The molecule has 3 nitrogen and oxygen atoms in total. The number of hydrogen-bond donors (Lipinski definition) is 2. The second kappa shape index (κ2) is 9.97. The summed E-state index contributed by atoms with van der Waals surface area (Å²) < 4.78 is 0. The van der Waals surface area contributed by atoms with E-state index in [0.717, 1.165) is 32.4 Å². The highest BCUT2D eigenvalue weighted by molar-refractivity contribution is 5.75. The number of carbonyl (C=O) groups excluding carboxylic acids is 1. The van der Waals surface area contributed by atoms with Crippen molar-refractivity contribution < 1.29 is 4.79 Å². The van der Waals surface area contributed by atoms with Crippen LogP contribution in [-0.4, -0.2) is 19.0 Å². The molecule has 15 heavy (non-hydrogen) atoms. The van der Waals surface area contributed by atoms with E-state index in [1.807, 2.05) is 0 Å². The molecule has 0 aromatic heterocycles. The summed E-state index contributed by atoms with van der Waals surface area (Å²) in [6, 6.07) is 0. The number of nitrogens with one attached hydrogen (secondary N) is 1. The Hall–Kier alpha value is -0.570. The van der Waals surface area contributed by atoms with Crippen LogP contribution in [0.1, 0.15) is 52.4 Å². The molecular formula is C12H26N2O. The molecule has 3 heteroatoms. The van der Waals surface area contributed by atoms with Gasteiger partial charge < -0.3 is 11.1 Å². The van der Waals surface area contributed by atoms with Gasteiger partial charge in [-0.2, -0.15) is 0 Å². The van der Waals surface area contributed by atoms with Gasteiger partial charge in [-0.05, 0) is 31.7 Å². The summed E-state index contributed by atoms with van der Waals surface area (Å²) in [6.07, 6.45) is 6.11. The smallest absolute Gasteiger partial charge is 0.220 e. The van der Waals surface area contributed by atoms with Gasteiger partial charge in [0, 0.05) is 13.0 Å². The Kier molecular flexibility index (Phi) is 9.59. The number of unbranched alkanes of at least 4 members (excludes halogenated alkanes) is 2. The molecule has 0 aliphatic carbocycles. The van der Waals surface area contributed by atoms with Crippen LogP contribution in [0.4, 0.5) is 0 Å². The number of nitrogens with two attached hydrogens (primary N) is 1. The van der Waals surface area contributed by atoms with E-state index >= 15 is 0 Å². The summed E-state index contributed by atoms with van der Waals surface area (Å²) in [5, 5.41) is 2.94. The maximum atomic E-state index is 11.4. The van der Waals surface area contributed by atoms with E-state index < -0.39 is 0 Å². The first kappa shape index (κ1) is 14.4. The second-order valence-electron chi connectivity index (χ2n) is 4.28. The lowest BCUT2D eigenvalue weighted by Gasteiger charge is -2.09. The second-order valence-corrected chi connectivity index (χ2v) is 4.28. The van der Waals surface area contributed by atoms with E-state index in [0.29, 0.717) is 12.3 Å². The molecule has 0 fully saturated rings. The molecule has 1 unspecified atom stereocenters. The average Bonchev–Trinajstić information content (AvgIpc) is 2.22. The van der Waals surface area contributed by atoms with E-state index in [1.54, 1.807) is 0 Å². The van der Waals surface area contributed by atoms with Crippen molar-refractivity contribution in [1.29, 1.82) is 0 Å². The molecule has 1 atom stereocenters. The van der Waals surface area contributed by atoms with Crippen LogP contribution in [0.5, 0.6) is 0 Å². The number of rotatable bonds is 9. The molecule has 0 saturated heterocycles. The van der Waals surface area contributed by atoms with Crippen LogP contribution in [0.2, 0.25) is 0 Å². The van der Waals surface area contributed by atoms with E-state index in [9.17, 15) is 4.79 Å². The summed E-state index contributed by atoms with van der Waals surface area (Å²) in [4.78, 5) is 11.4. The minimum Gasteiger partial charge on any atom is -0.356 e. The molecule has 0 aliphatic rings. The van der Waals surface area contributed by atoms with Crippen LogP contribution in [0.25, 0.3) is 0 Å². The summed E-state index contributed by atoms with van der Waals surface area (Å²) >= 11 is 0. The molecular weight excluding hydrogens is 188 g/mol. The Bertz CT molecular complexity index is 160. The van der Waals surface area contributed by atoms with E-state index in [1.165, 1.54) is 12.8 Å². The van der Waals surface area contributed by atoms with Crippen LogP contribution in [0.3, 0.4) is 0 Å². The lowest BCUT2D eigenvalue weighted by molar-refractivity contribution is -0.121. The van der Waals surface area contributed by atoms with Gasteiger partial charge in [-0.15, -0.1) is 0 Å².